The number of carbonyl (C=O) groups is 2. The van der Waals surface area contributed by atoms with Gasteiger partial charge < -0.3 is 44.8 Å². The maximum Gasteiger partial charge on any atom is 0.408 e. The molecule has 0 aliphatic rings. The van der Waals surface area contributed by atoms with Crippen molar-refractivity contribution < 1.29 is 38.0 Å². The van der Waals surface area contributed by atoms with E-state index >= 15 is 0 Å². The summed E-state index contributed by atoms with van der Waals surface area (Å²) in [5, 5.41) is 5.87. The van der Waals surface area contributed by atoms with Crippen molar-refractivity contribution in [1.82, 2.24) is 10.6 Å². The van der Waals surface area contributed by atoms with Gasteiger partial charge in [-0.05, 0) is 52.0 Å². The van der Waals surface area contributed by atoms with Gasteiger partial charge in [-0.15, -0.1) is 0 Å². The monoisotopic (exact) mass is 648 g/mol. The lowest BCUT2D eigenvalue weighted by molar-refractivity contribution is -0.146. The van der Waals surface area contributed by atoms with Crippen molar-refractivity contribution in [2.24, 2.45) is 11.1 Å². The summed E-state index contributed by atoms with van der Waals surface area (Å²) in [6.45, 7) is 18.1. The van der Waals surface area contributed by atoms with Crippen molar-refractivity contribution in [3.05, 3.63) is 0 Å². The number of ether oxygens (including phenoxy) is 6. The van der Waals surface area contributed by atoms with Crippen LogP contribution in [0, 0.1) is 5.41 Å². The molecule has 0 aromatic rings. The first-order valence-corrected chi connectivity index (χ1v) is 17.3. The molecule has 0 radical (unpaired) electrons. The number of rotatable bonds is 30. The SMILES string of the molecule is CC(C)(C)CCCCCCCCCCCOC(=O)[C@@H](CNCCCOCCOCCOCCOCCN)NC(=O)OC(C)(C)C. The van der Waals surface area contributed by atoms with E-state index in [-0.39, 0.29) is 6.54 Å². The van der Waals surface area contributed by atoms with Crippen molar-refractivity contribution in [1.29, 1.82) is 0 Å². The Kier molecular flexibility index (Phi) is 27.7. The minimum Gasteiger partial charge on any atom is -0.464 e. The van der Waals surface area contributed by atoms with Gasteiger partial charge in [-0.2, -0.15) is 0 Å². The molecule has 0 rings (SSSR count). The van der Waals surface area contributed by atoms with E-state index in [1.165, 1.54) is 44.9 Å². The van der Waals surface area contributed by atoms with Gasteiger partial charge in [-0.25, -0.2) is 9.59 Å². The molecule has 0 aromatic heterocycles. The van der Waals surface area contributed by atoms with Gasteiger partial charge in [0, 0.05) is 19.7 Å². The number of esters is 1. The summed E-state index contributed by atoms with van der Waals surface area (Å²) in [4.78, 5) is 25.1. The zero-order chi connectivity index (χ0) is 33.7. The molecule has 0 bridgehead atoms. The van der Waals surface area contributed by atoms with Crippen molar-refractivity contribution in [2.75, 3.05) is 79.1 Å². The second kappa shape index (κ2) is 28.7. The van der Waals surface area contributed by atoms with Gasteiger partial charge in [0.1, 0.15) is 11.6 Å². The largest absolute Gasteiger partial charge is 0.464 e. The molecule has 11 nitrogen and oxygen atoms in total. The van der Waals surface area contributed by atoms with Crippen LogP contribution in [-0.2, 0) is 33.2 Å². The summed E-state index contributed by atoms with van der Waals surface area (Å²) in [5.74, 6) is -0.455. The van der Waals surface area contributed by atoms with Gasteiger partial charge in [-0.1, -0.05) is 72.1 Å². The third-order valence-electron chi connectivity index (χ3n) is 6.66. The Labute approximate surface area is 274 Å². The first kappa shape index (κ1) is 43.5. The Morgan fingerprint density at radius 1 is 0.622 bits per heavy atom. The summed E-state index contributed by atoms with van der Waals surface area (Å²) >= 11 is 0. The molecule has 0 saturated heterocycles. The van der Waals surface area contributed by atoms with Crippen LogP contribution in [0.3, 0.4) is 0 Å². The second-order valence-electron chi connectivity index (χ2n) is 13.7. The first-order chi connectivity index (χ1) is 21.4. The lowest BCUT2D eigenvalue weighted by atomic mass is 9.89. The van der Waals surface area contributed by atoms with E-state index in [0.717, 1.165) is 25.7 Å². The maximum atomic E-state index is 12.8. The van der Waals surface area contributed by atoms with Crippen LogP contribution in [0.25, 0.3) is 0 Å². The predicted molar refractivity (Wildman–Crippen MR) is 180 cm³/mol. The number of nitrogens with two attached hydrogens (primary N) is 1. The molecule has 0 aromatic carbocycles. The molecule has 0 fully saturated rings. The van der Waals surface area contributed by atoms with E-state index in [9.17, 15) is 9.59 Å². The highest BCUT2D eigenvalue weighted by Gasteiger charge is 2.25. The summed E-state index contributed by atoms with van der Waals surface area (Å²) in [6, 6.07) is -0.832. The topological polar surface area (TPSA) is 140 Å². The Morgan fingerprint density at radius 2 is 1.11 bits per heavy atom. The molecule has 4 N–H and O–H groups in total. The number of hydrogen-bond acceptors (Lipinski definition) is 10. The smallest absolute Gasteiger partial charge is 0.408 e. The van der Waals surface area contributed by atoms with Crippen LogP contribution in [0.2, 0.25) is 0 Å². The molecule has 45 heavy (non-hydrogen) atoms. The molecule has 0 aliphatic carbocycles. The van der Waals surface area contributed by atoms with Crippen LogP contribution in [0.5, 0.6) is 0 Å². The highest BCUT2D eigenvalue weighted by atomic mass is 16.6. The minimum atomic E-state index is -0.832. The number of alkyl carbamates (subject to hydrolysis) is 1. The van der Waals surface area contributed by atoms with E-state index in [4.69, 9.17) is 34.2 Å². The molecule has 1 atom stereocenters. The Bertz CT molecular complexity index is 698. The Balaban J connectivity index is 4.02. The van der Waals surface area contributed by atoms with Gasteiger partial charge in [0.15, 0.2) is 0 Å². The van der Waals surface area contributed by atoms with Gasteiger partial charge >= 0.3 is 12.1 Å². The van der Waals surface area contributed by atoms with Crippen molar-refractivity contribution >= 4 is 12.1 Å². The highest BCUT2D eigenvalue weighted by Crippen LogP contribution is 2.22. The number of hydrogen-bond donors (Lipinski definition) is 3. The fourth-order valence-corrected chi connectivity index (χ4v) is 4.30. The van der Waals surface area contributed by atoms with Gasteiger partial charge in [-0.3, -0.25) is 0 Å². The van der Waals surface area contributed by atoms with Gasteiger partial charge in [0.2, 0.25) is 0 Å². The van der Waals surface area contributed by atoms with E-state index in [1.54, 1.807) is 20.8 Å². The van der Waals surface area contributed by atoms with Crippen LogP contribution in [0.15, 0.2) is 0 Å². The lowest BCUT2D eigenvalue weighted by Gasteiger charge is -2.23. The number of carbonyl (C=O) groups excluding carboxylic acids is 2. The molecule has 0 spiro atoms. The predicted octanol–water partition coefficient (Wildman–Crippen LogP) is 5.37. The minimum absolute atomic E-state index is 0.244. The average Bonchev–Trinajstić information content (AvgIpc) is 2.95. The third-order valence-corrected chi connectivity index (χ3v) is 6.66. The van der Waals surface area contributed by atoms with Crippen LogP contribution < -0.4 is 16.4 Å². The zero-order valence-corrected chi connectivity index (χ0v) is 29.7. The fourth-order valence-electron chi connectivity index (χ4n) is 4.30. The van der Waals surface area contributed by atoms with Gasteiger partial charge in [0.05, 0.1) is 52.9 Å². The van der Waals surface area contributed by atoms with E-state index < -0.39 is 23.7 Å². The number of nitrogens with one attached hydrogen (secondary N) is 2. The molecule has 0 unspecified atom stereocenters. The van der Waals surface area contributed by atoms with Crippen LogP contribution >= 0.6 is 0 Å². The fraction of sp³-hybridized carbons (Fsp3) is 0.941. The molecule has 0 heterocycles. The zero-order valence-electron chi connectivity index (χ0n) is 29.7. The highest BCUT2D eigenvalue weighted by molar-refractivity contribution is 5.81. The molecule has 0 saturated carbocycles. The van der Waals surface area contributed by atoms with Crippen molar-refractivity contribution in [3.63, 3.8) is 0 Å². The first-order valence-electron chi connectivity index (χ1n) is 17.3. The van der Waals surface area contributed by atoms with Crippen molar-refractivity contribution in [3.8, 4) is 0 Å². The molecular formula is C34H69N3O8. The summed E-state index contributed by atoms with van der Waals surface area (Å²) < 4.78 is 32.5. The van der Waals surface area contributed by atoms with Crippen LogP contribution in [0.4, 0.5) is 4.79 Å². The van der Waals surface area contributed by atoms with E-state index in [2.05, 4.69) is 31.4 Å². The van der Waals surface area contributed by atoms with Crippen molar-refractivity contribution in [2.45, 2.75) is 124 Å². The summed E-state index contributed by atoms with van der Waals surface area (Å²) in [7, 11) is 0. The maximum absolute atomic E-state index is 12.8. The molecule has 268 valence electrons. The number of amides is 1. The number of unbranched alkanes of at least 4 members (excludes halogenated alkanes) is 8. The average molecular weight is 648 g/mol. The molecule has 1 amide bonds. The normalized spacial score (nSPS) is 12.7. The summed E-state index contributed by atoms with van der Waals surface area (Å²) in [6.07, 6.45) is 12.2. The van der Waals surface area contributed by atoms with Crippen LogP contribution in [-0.4, -0.2) is 103 Å². The lowest BCUT2D eigenvalue weighted by Crippen LogP contribution is -2.49. The molecule has 0 aliphatic heterocycles. The summed E-state index contributed by atoms with van der Waals surface area (Å²) in [5.41, 5.74) is 5.13. The second-order valence-corrected chi connectivity index (χ2v) is 13.7. The molecule has 11 heteroatoms. The third kappa shape index (κ3) is 33.7. The Hall–Kier alpha value is -1.50. The quantitative estimate of drug-likeness (QED) is 0.0688. The standard InChI is InChI=1S/C34H69N3O8/c1-33(2,3)17-14-12-10-8-7-9-11-13-15-21-44-31(38)30(37-32(39)45-34(4,5)6)29-36-19-16-20-40-23-25-42-27-28-43-26-24-41-22-18-35/h30,36H,7-29,35H2,1-6H3,(H,37,39)/t30-/m1/s1. The van der Waals surface area contributed by atoms with Crippen LogP contribution in [0.1, 0.15) is 112 Å². The van der Waals surface area contributed by atoms with E-state index in [0.29, 0.717) is 78.0 Å². The van der Waals surface area contributed by atoms with E-state index in [1.807, 2.05) is 0 Å². The Morgan fingerprint density at radius 3 is 1.62 bits per heavy atom. The molecular weight excluding hydrogens is 578 g/mol. The van der Waals surface area contributed by atoms with Gasteiger partial charge in [0.25, 0.3) is 0 Å².